The van der Waals surface area contributed by atoms with Gasteiger partial charge in [-0.2, -0.15) is 0 Å². The summed E-state index contributed by atoms with van der Waals surface area (Å²) in [6.45, 7) is 2.82. The Labute approximate surface area is 115 Å². The van der Waals surface area contributed by atoms with Crippen LogP contribution in [0.5, 0.6) is 0 Å². The van der Waals surface area contributed by atoms with E-state index in [1.165, 1.54) is 5.56 Å². The summed E-state index contributed by atoms with van der Waals surface area (Å²) in [6, 6.07) is 10.8. The fourth-order valence-electron chi connectivity index (χ4n) is 3.27. The molecule has 1 aromatic rings. The Bertz CT molecular complexity index is 418. The zero-order valence-corrected chi connectivity index (χ0v) is 11.3. The molecule has 1 atom stereocenters. The van der Waals surface area contributed by atoms with E-state index >= 15 is 0 Å². The summed E-state index contributed by atoms with van der Waals surface area (Å²) in [5.41, 5.74) is 1.42. The van der Waals surface area contributed by atoms with Gasteiger partial charge in [-0.1, -0.05) is 30.3 Å². The third-order valence-corrected chi connectivity index (χ3v) is 4.44. The lowest BCUT2D eigenvalue weighted by Crippen LogP contribution is -2.46. The monoisotopic (exact) mass is 258 g/mol. The second-order valence-electron chi connectivity index (χ2n) is 5.66. The van der Waals surface area contributed by atoms with Crippen LogP contribution in [-0.4, -0.2) is 36.5 Å². The Morgan fingerprint density at radius 3 is 2.47 bits per heavy atom. The molecule has 2 heterocycles. The normalized spacial score (nSPS) is 24.6. The third-order valence-electron chi connectivity index (χ3n) is 4.44. The topological polar surface area (TPSA) is 32.3 Å². The van der Waals surface area contributed by atoms with Gasteiger partial charge in [0.1, 0.15) is 0 Å². The van der Waals surface area contributed by atoms with E-state index in [0.29, 0.717) is 11.8 Å². The Hall–Kier alpha value is -1.35. The van der Waals surface area contributed by atoms with E-state index < -0.39 is 0 Å². The second-order valence-corrected chi connectivity index (χ2v) is 5.66. The number of carbonyl (C=O) groups is 1. The maximum Gasteiger partial charge on any atom is 0.239 e. The highest BCUT2D eigenvalue weighted by atomic mass is 16.2. The lowest BCUT2D eigenvalue weighted by Gasteiger charge is -2.33. The van der Waals surface area contributed by atoms with E-state index in [1.54, 1.807) is 0 Å². The van der Waals surface area contributed by atoms with Crippen LogP contribution in [0.15, 0.2) is 30.3 Å². The maximum atomic E-state index is 12.3. The molecule has 0 bridgehead atoms. The van der Waals surface area contributed by atoms with Crippen LogP contribution >= 0.6 is 0 Å². The number of piperidine rings is 1. The molecule has 1 unspecified atom stereocenters. The molecule has 0 aliphatic carbocycles. The van der Waals surface area contributed by atoms with Gasteiger partial charge in [0.25, 0.3) is 0 Å². The summed E-state index contributed by atoms with van der Waals surface area (Å²) in [6.07, 6.45) is 4.35. The van der Waals surface area contributed by atoms with Crippen LogP contribution in [0, 0.1) is 0 Å². The second kappa shape index (κ2) is 5.74. The molecule has 1 aromatic carbocycles. The maximum absolute atomic E-state index is 12.3. The molecule has 2 saturated heterocycles. The van der Waals surface area contributed by atoms with Crippen molar-refractivity contribution in [2.24, 2.45) is 0 Å². The van der Waals surface area contributed by atoms with Crippen molar-refractivity contribution in [3.63, 3.8) is 0 Å². The number of likely N-dealkylation sites (tertiary alicyclic amines) is 1. The fraction of sp³-hybridized carbons (Fsp3) is 0.562. The molecule has 0 spiro atoms. The zero-order chi connectivity index (χ0) is 13.1. The van der Waals surface area contributed by atoms with Crippen molar-refractivity contribution < 1.29 is 4.79 Å². The number of nitrogens with one attached hydrogen (secondary N) is 1. The highest BCUT2D eigenvalue weighted by molar-refractivity contribution is 5.82. The Balaban J connectivity index is 1.56. The molecular weight excluding hydrogens is 236 g/mol. The quantitative estimate of drug-likeness (QED) is 0.881. The first-order chi connectivity index (χ1) is 9.34. The summed E-state index contributed by atoms with van der Waals surface area (Å²) in [5.74, 6) is 0.950. The van der Waals surface area contributed by atoms with E-state index in [1.807, 2.05) is 0 Å². The van der Waals surface area contributed by atoms with Gasteiger partial charge in [-0.05, 0) is 43.7 Å². The summed E-state index contributed by atoms with van der Waals surface area (Å²) in [5, 5.41) is 3.31. The molecule has 102 valence electrons. The predicted molar refractivity (Wildman–Crippen MR) is 76.0 cm³/mol. The minimum atomic E-state index is 0.0910. The van der Waals surface area contributed by atoms with Gasteiger partial charge in [0.2, 0.25) is 5.91 Å². The Morgan fingerprint density at radius 1 is 1.11 bits per heavy atom. The number of rotatable bonds is 2. The van der Waals surface area contributed by atoms with Crippen LogP contribution in [0.1, 0.15) is 37.2 Å². The average Bonchev–Trinajstić information content (AvgIpc) is 3.02. The number of carbonyl (C=O) groups excluding carboxylic acids is 1. The van der Waals surface area contributed by atoms with Crippen molar-refractivity contribution in [1.29, 1.82) is 0 Å². The predicted octanol–water partition coefficient (Wildman–Crippen LogP) is 2.14. The van der Waals surface area contributed by atoms with Gasteiger partial charge < -0.3 is 10.2 Å². The summed E-state index contributed by atoms with van der Waals surface area (Å²) in [7, 11) is 0. The molecule has 2 aliphatic heterocycles. The van der Waals surface area contributed by atoms with Crippen LogP contribution in [0.4, 0.5) is 0 Å². The van der Waals surface area contributed by atoms with Gasteiger partial charge in [0.05, 0.1) is 6.04 Å². The number of amides is 1. The van der Waals surface area contributed by atoms with Crippen molar-refractivity contribution in [2.45, 2.75) is 37.6 Å². The minimum Gasteiger partial charge on any atom is -0.341 e. The molecule has 3 nitrogen and oxygen atoms in total. The molecule has 19 heavy (non-hydrogen) atoms. The zero-order valence-electron chi connectivity index (χ0n) is 11.3. The van der Waals surface area contributed by atoms with Crippen LogP contribution < -0.4 is 5.32 Å². The largest absolute Gasteiger partial charge is 0.341 e. The molecule has 0 saturated carbocycles. The molecule has 0 aromatic heterocycles. The van der Waals surface area contributed by atoms with Crippen LogP contribution in [0.2, 0.25) is 0 Å². The van der Waals surface area contributed by atoms with Crippen molar-refractivity contribution in [3.05, 3.63) is 35.9 Å². The van der Waals surface area contributed by atoms with Gasteiger partial charge in [0, 0.05) is 13.1 Å². The first kappa shape index (κ1) is 12.7. The van der Waals surface area contributed by atoms with E-state index in [-0.39, 0.29) is 6.04 Å². The van der Waals surface area contributed by atoms with Gasteiger partial charge in [-0.3, -0.25) is 4.79 Å². The summed E-state index contributed by atoms with van der Waals surface area (Å²) in [4.78, 5) is 14.4. The number of nitrogens with zero attached hydrogens (tertiary/aromatic N) is 1. The average molecular weight is 258 g/mol. The molecule has 1 N–H and O–H groups in total. The number of hydrogen-bond acceptors (Lipinski definition) is 2. The highest BCUT2D eigenvalue weighted by Crippen LogP contribution is 2.28. The van der Waals surface area contributed by atoms with E-state index in [0.717, 1.165) is 45.3 Å². The SMILES string of the molecule is O=C(C1CCCN1)N1CCC(c2ccccc2)CC1. The van der Waals surface area contributed by atoms with Crippen molar-refractivity contribution >= 4 is 5.91 Å². The molecule has 3 heteroatoms. The standard InChI is InChI=1S/C16H22N2O/c19-16(15-7-4-10-17-15)18-11-8-14(9-12-18)13-5-2-1-3-6-13/h1-3,5-6,14-15,17H,4,7-12H2. The summed E-state index contributed by atoms with van der Waals surface area (Å²) < 4.78 is 0. The van der Waals surface area contributed by atoms with E-state index in [9.17, 15) is 4.79 Å². The lowest BCUT2D eigenvalue weighted by molar-refractivity contribution is -0.134. The Morgan fingerprint density at radius 2 is 1.84 bits per heavy atom. The first-order valence-corrected chi connectivity index (χ1v) is 7.42. The number of benzene rings is 1. The molecule has 2 aliphatic rings. The number of hydrogen-bond donors (Lipinski definition) is 1. The molecule has 1 amide bonds. The smallest absolute Gasteiger partial charge is 0.239 e. The first-order valence-electron chi connectivity index (χ1n) is 7.42. The molecule has 3 rings (SSSR count). The lowest BCUT2D eigenvalue weighted by atomic mass is 9.89. The molecule has 2 fully saturated rings. The van der Waals surface area contributed by atoms with Gasteiger partial charge in [0.15, 0.2) is 0 Å². The van der Waals surface area contributed by atoms with Crippen LogP contribution in [0.3, 0.4) is 0 Å². The van der Waals surface area contributed by atoms with Crippen molar-refractivity contribution in [3.8, 4) is 0 Å². The molecular formula is C16H22N2O. The van der Waals surface area contributed by atoms with E-state index in [2.05, 4.69) is 40.5 Å². The van der Waals surface area contributed by atoms with Gasteiger partial charge in [-0.15, -0.1) is 0 Å². The van der Waals surface area contributed by atoms with Crippen LogP contribution in [-0.2, 0) is 4.79 Å². The van der Waals surface area contributed by atoms with Gasteiger partial charge >= 0.3 is 0 Å². The molecule has 0 radical (unpaired) electrons. The minimum absolute atomic E-state index is 0.0910. The van der Waals surface area contributed by atoms with Crippen molar-refractivity contribution in [1.82, 2.24) is 10.2 Å². The Kier molecular flexibility index (Phi) is 3.83. The van der Waals surface area contributed by atoms with Gasteiger partial charge in [-0.25, -0.2) is 0 Å². The third kappa shape index (κ3) is 2.81. The fourth-order valence-corrected chi connectivity index (χ4v) is 3.27. The highest BCUT2D eigenvalue weighted by Gasteiger charge is 2.29. The van der Waals surface area contributed by atoms with Crippen molar-refractivity contribution in [2.75, 3.05) is 19.6 Å². The van der Waals surface area contributed by atoms with Crippen LogP contribution in [0.25, 0.3) is 0 Å². The summed E-state index contributed by atoms with van der Waals surface area (Å²) >= 11 is 0. The van der Waals surface area contributed by atoms with E-state index in [4.69, 9.17) is 0 Å².